The van der Waals surface area contributed by atoms with Crippen LogP contribution in [0.3, 0.4) is 0 Å². The zero-order chi connectivity index (χ0) is 11.8. The third kappa shape index (κ3) is 5.92. The quantitative estimate of drug-likeness (QED) is 0.633. The molecule has 1 heteroatoms. The molecule has 0 bridgehead atoms. The molecule has 0 heterocycles. The van der Waals surface area contributed by atoms with E-state index in [1.54, 1.807) is 0 Å². The highest BCUT2D eigenvalue weighted by molar-refractivity contribution is 5.14. The number of hydrogen-bond donors (Lipinski definition) is 0. The fourth-order valence-corrected chi connectivity index (χ4v) is 2.07. The van der Waals surface area contributed by atoms with Crippen molar-refractivity contribution in [2.75, 3.05) is 20.1 Å². The lowest BCUT2D eigenvalue weighted by Gasteiger charge is -2.18. The fourth-order valence-electron chi connectivity index (χ4n) is 2.07. The van der Waals surface area contributed by atoms with Crippen LogP contribution in [-0.4, -0.2) is 25.0 Å². The Morgan fingerprint density at radius 1 is 1.06 bits per heavy atom. The number of hydrogen-bond acceptors (Lipinski definition) is 1. The summed E-state index contributed by atoms with van der Waals surface area (Å²) in [7, 11) is 2.22. The molecule has 0 N–H and O–H groups in total. The molecule has 0 fully saturated rings. The fraction of sp³-hybridized carbons (Fsp3) is 0.600. The minimum atomic E-state index is 0.777. The Morgan fingerprint density at radius 2 is 1.75 bits per heavy atom. The van der Waals surface area contributed by atoms with E-state index in [0.29, 0.717) is 0 Å². The van der Waals surface area contributed by atoms with Gasteiger partial charge in [-0.25, -0.2) is 0 Å². The van der Waals surface area contributed by atoms with Crippen molar-refractivity contribution in [3.8, 4) is 0 Å². The Bertz CT molecular complexity index is 266. The van der Waals surface area contributed by atoms with Crippen LogP contribution >= 0.6 is 0 Å². The Labute approximate surface area is 100 Å². The normalized spacial score (nSPS) is 11.3. The topological polar surface area (TPSA) is 3.24 Å². The maximum Gasteiger partial charge on any atom is 0.000133 e. The SMILES string of the molecule is CC(C)CN(C)CCCCc1ccccc1. The third-order valence-electron chi connectivity index (χ3n) is 2.77. The number of aryl methyl sites for hydroxylation is 1. The first-order valence-corrected chi connectivity index (χ1v) is 6.41. The second-order valence-electron chi connectivity index (χ2n) is 5.10. The van der Waals surface area contributed by atoms with Crippen molar-refractivity contribution < 1.29 is 0 Å². The molecule has 1 aromatic carbocycles. The highest BCUT2D eigenvalue weighted by Crippen LogP contribution is 2.05. The third-order valence-corrected chi connectivity index (χ3v) is 2.77. The zero-order valence-corrected chi connectivity index (χ0v) is 10.9. The lowest BCUT2D eigenvalue weighted by Crippen LogP contribution is -2.24. The van der Waals surface area contributed by atoms with Gasteiger partial charge in [0.25, 0.3) is 0 Å². The summed E-state index contributed by atoms with van der Waals surface area (Å²) in [6.45, 7) is 7.00. The van der Waals surface area contributed by atoms with Crippen molar-refractivity contribution in [2.24, 2.45) is 5.92 Å². The van der Waals surface area contributed by atoms with Crippen LogP contribution in [0.15, 0.2) is 30.3 Å². The molecule has 0 unspecified atom stereocenters. The molecule has 0 radical (unpaired) electrons. The smallest absolute Gasteiger partial charge is 0.000133 e. The van der Waals surface area contributed by atoms with Gasteiger partial charge < -0.3 is 4.90 Å². The Kier molecular flexibility index (Phi) is 6.17. The number of nitrogens with zero attached hydrogens (tertiary/aromatic N) is 1. The van der Waals surface area contributed by atoms with E-state index >= 15 is 0 Å². The van der Waals surface area contributed by atoms with Gasteiger partial charge in [0.1, 0.15) is 0 Å². The predicted octanol–water partition coefficient (Wildman–Crippen LogP) is 3.60. The Morgan fingerprint density at radius 3 is 2.38 bits per heavy atom. The van der Waals surface area contributed by atoms with E-state index in [2.05, 4.69) is 56.1 Å². The van der Waals surface area contributed by atoms with Crippen LogP contribution in [0.25, 0.3) is 0 Å². The number of rotatable bonds is 7. The molecule has 16 heavy (non-hydrogen) atoms. The van der Waals surface area contributed by atoms with Crippen LogP contribution < -0.4 is 0 Å². The predicted molar refractivity (Wildman–Crippen MR) is 71.7 cm³/mol. The molecule has 0 spiro atoms. The van der Waals surface area contributed by atoms with Gasteiger partial charge in [-0.2, -0.15) is 0 Å². The summed E-state index contributed by atoms with van der Waals surface area (Å²) in [5.41, 5.74) is 1.47. The van der Waals surface area contributed by atoms with Gasteiger partial charge in [-0.15, -0.1) is 0 Å². The number of unbranched alkanes of at least 4 members (excludes halogenated alkanes) is 1. The van der Waals surface area contributed by atoms with Gasteiger partial charge in [-0.1, -0.05) is 44.2 Å². The first-order valence-electron chi connectivity index (χ1n) is 6.41. The van der Waals surface area contributed by atoms with Crippen LogP contribution in [0.2, 0.25) is 0 Å². The lowest BCUT2D eigenvalue weighted by atomic mass is 10.1. The molecule has 0 aliphatic carbocycles. The summed E-state index contributed by atoms with van der Waals surface area (Å²) in [5, 5.41) is 0. The minimum absolute atomic E-state index is 0.777. The minimum Gasteiger partial charge on any atom is -0.306 e. The van der Waals surface area contributed by atoms with E-state index in [1.165, 1.54) is 37.9 Å². The van der Waals surface area contributed by atoms with Gasteiger partial charge in [-0.05, 0) is 44.3 Å². The number of benzene rings is 1. The van der Waals surface area contributed by atoms with E-state index in [0.717, 1.165) is 5.92 Å². The molecule has 0 aliphatic rings. The monoisotopic (exact) mass is 219 g/mol. The molecule has 1 aromatic rings. The van der Waals surface area contributed by atoms with Gasteiger partial charge in [0, 0.05) is 6.54 Å². The van der Waals surface area contributed by atoms with Crippen molar-refractivity contribution in [2.45, 2.75) is 33.1 Å². The molecule has 0 saturated carbocycles. The van der Waals surface area contributed by atoms with Crippen molar-refractivity contribution in [3.63, 3.8) is 0 Å². The molecule has 90 valence electrons. The van der Waals surface area contributed by atoms with Gasteiger partial charge in [0.05, 0.1) is 0 Å². The van der Waals surface area contributed by atoms with Crippen molar-refractivity contribution in [1.82, 2.24) is 4.90 Å². The van der Waals surface area contributed by atoms with E-state index in [9.17, 15) is 0 Å². The highest BCUT2D eigenvalue weighted by atomic mass is 15.1. The van der Waals surface area contributed by atoms with Gasteiger partial charge in [0.2, 0.25) is 0 Å². The standard InChI is InChI=1S/C15H25N/c1-14(2)13-16(3)12-8-7-11-15-9-5-4-6-10-15/h4-6,9-10,14H,7-8,11-13H2,1-3H3. The Balaban J connectivity index is 2.08. The Hall–Kier alpha value is -0.820. The summed E-state index contributed by atoms with van der Waals surface area (Å²) < 4.78 is 0. The summed E-state index contributed by atoms with van der Waals surface area (Å²) in [4.78, 5) is 2.44. The van der Waals surface area contributed by atoms with E-state index < -0.39 is 0 Å². The highest BCUT2D eigenvalue weighted by Gasteiger charge is 2.01. The molecule has 0 aromatic heterocycles. The lowest BCUT2D eigenvalue weighted by molar-refractivity contribution is 0.290. The maximum atomic E-state index is 2.44. The van der Waals surface area contributed by atoms with Crippen LogP contribution in [-0.2, 0) is 6.42 Å². The van der Waals surface area contributed by atoms with Crippen LogP contribution in [0.4, 0.5) is 0 Å². The van der Waals surface area contributed by atoms with E-state index in [1.807, 2.05) is 0 Å². The summed E-state index contributed by atoms with van der Waals surface area (Å²) in [6, 6.07) is 10.8. The van der Waals surface area contributed by atoms with Crippen molar-refractivity contribution in [3.05, 3.63) is 35.9 Å². The largest absolute Gasteiger partial charge is 0.306 e. The van der Waals surface area contributed by atoms with Crippen LogP contribution in [0, 0.1) is 5.92 Å². The van der Waals surface area contributed by atoms with Crippen LogP contribution in [0.1, 0.15) is 32.3 Å². The average Bonchev–Trinajstić information content (AvgIpc) is 2.25. The molecule has 1 rings (SSSR count). The average molecular weight is 219 g/mol. The van der Waals surface area contributed by atoms with Crippen LogP contribution in [0.5, 0.6) is 0 Å². The molecular formula is C15H25N. The summed E-state index contributed by atoms with van der Waals surface area (Å²) in [5.74, 6) is 0.777. The molecular weight excluding hydrogens is 194 g/mol. The second-order valence-corrected chi connectivity index (χ2v) is 5.10. The van der Waals surface area contributed by atoms with Crippen molar-refractivity contribution >= 4 is 0 Å². The molecule has 0 saturated heterocycles. The van der Waals surface area contributed by atoms with Gasteiger partial charge >= 0.3 is 0 Å². The van der Waals surface area contributed by atoms with E-state index in [-0.39, 0.29) is 0 Å². The van der Waals surface area contributed by atoms with Crippen molar-refractivity contribution in [1.29, 1.82) is 0 Å². The summed E-state index contributed by atoms with van der Waals surface area (Å²) in [6.07, 6.45) is 3.82. The first kappa shape index (κ1) is 13.2. The second kappa shape index (κ2) is 7.45. The van der Waals surface area contributed by atoms with Gasteiger partial charge in [0.15, 0.2) is 0 Å². The zero-order valence-electron chi connectivity index (χ0n) is 10.9. The maximum absolute atomic E-state index is 2.44. The molecule has 1 nitrogen and oxygen atoms in total. The first-order chi connectivity index (χ1) is 7.68. The molecule has 0 amide bonds. The molecule has 0 aliphatic heterocycles. The van der Waals surface area contributed by atoms with Gasteiger partial charge in [-0.3, -0.25) is 0 Å². The molecule has 0 atom stereocenters. The van der Waals surface area contributed by atoms with E-state index in [4.69, 9.17) is 0 Å². The summed E-state index contributed by atoms with van der Waals surface area (Å²) >= 11 is 0.